The molecular weight excluding hydrogens is 460 g/mol. The standard InChI is InChI=1S/C24H27F2N5O4/c1-34-19-7-3-2-6-15(19)24(33)30-11-13-9-18(26)16(10-17(13)25)21(27)20(23(29)32)22(28)31-14-5-4-8-35-12-14/h2-3,6-7,9-10,14H,4-5,8,11-12,27H2,1H3,(H2,28,31)(H2,29,32)(H,30,33). The van der Waals surface area contributed by atoms with Crippen molar-refractivity contribution in [2.45, 2.75) is 25.4 Å². The first-order valence-electron chi connectivity index (χ1n) is 10.8. The summed E-state index contributed by atoms with van der Waals surface area (Å²) in [5.74, 6) is -3.30. The third-order valence-corrected chi connectivity index (χ3v) is 5.45. The second-order valence-corrected chi connectivity index (χ2v) is 7.84. The highest BCUT2D eigenvalue weighted by Gasteiger charge is 2.22. The van der Waals surface area contributed by atoms with Crippen LogP contribution in [-0.4, -0.2) is 44.0 Å². The average Bonchev–Trinajstić information content (AvgIpc) is 2.84. The number of nitrogens with zero attached hydrogens (tertiary/aromatic N) is 1. The maximum Gasteiger partial charge on any atom is 0.255 e. The number of methoxy groups -OCH3 is 1. The maximum atomic E-state index is 14.9. The molecule has 0 radical (unpaired) electrons. The summed E-state index contributed by atoms with van der Waals surface area (Å²) in [4.78, 5) is 28.7. The van der Waals surface area contributed by atoms with Crippen LogP contribution in [0.2, 0.25) is 0 Å². The van der Waals surface area contributed by atoms with Crippen molar-refractivity contribution in [3.8, 4) is 5.75 Å². The SMILES string of the molecule is COc1ccccc1C(=O)NCc1cc(F)c(C(N)=C(C(N)=O)C(N)=NC2CCCOC2)cc1F. The molecule has 1 fully saturated rings. The second-order valence-electron chi connectivity index (χ2n) is 7.84. The molecule has 1 aliphatic rings. The van der Waals surface area contributed by atoms with Crippen molar-refractivity contribution in [1.82, 2.24) is 5.32 Å². The van der Waals surface area contributed by atoms with Crippen LogP contribution in [-0.2, 0) is 16.1 Å². The van der Waals surface area contributed by atoms with Crippen molar-refractivity contribution >= 4 is 23.3 Å². The summed E-state index contributed by atoms with van der Waals surface area (Å²) in [7, 11) is 1.42. The predicted molar refractivity (Wildman–Crippen MR) is 126 cm³/mol. The fourth-order valence-corrected chi connectivity index (χ4v) is 3.65. The fourth-order valence-electron chi connectivity index (χ4n) is 3.65. The zero-order chi connectivity index (χ0) is 25.5. The number of primary amides is 1. The molecule has 0 saturated carbocycles. The zero-order valence-corrected chi connectivity index (χ0v) is 19.1. The Kier molecular flexibility index (Phi) is 8.37. The molecule has 2 amide bonds. The molecule has 1 saturated heterocycles. The number of aliphatic imine (C=N–C) groups is 1. The molecule has 3 rings (SSSR count). The summed E-state index contributed by atoms with van der Waals surface area (Å²) in [6, 6.07) is 7.87. The van der Waals surface area contributed by atoms with E-state index in [4.69, 9.17) is 26.7 Å². The molecule has 7 N–H and O–H groups in total. The number of benzene rings is 2. The van der Waals surface area contributed by atoms with Crippen LogP contribution in [0, 0.1) is 11.6 Å². The van der Waals surface area contributed by atoms with Gasteiger partial charge in [0.05, 0.1) is 31.0 Å². The Hall–Kier alpha value is -3.99. The summed E-state index contributed by atoms with van der Waals surface area (Å²) < 4.78 is 40.2. The largest absolute Gasteiger partial charge is 0.496 e. The van der Waals surface area contributed by atoms with Gasteiger partial charge in [-0.2, -0.15) is 0 Å². The van der Waals surface area contributed by atoms with Crippen molar-refractivity contribution in [2.24, 2.45) is 22.2 Å². The van der Waals surface area contributed by atoms with Crippen LogP contribution >= 0.6 is 0 Å². The Bertz CT molecular complexity index is 1180. The predicted octanol–water partition coefficient (Wildman–Crippen LogP) is 1.59. The molecule has 1 aliphatic heterocycles. The number of ether oxygens (including phenoxy) is 2. The first-order valence-corrected chi connectivity index (χ1v) is 10.8. The highest BCUT2D eigenvalue weighted by atomic mass is 19.1. The van der Waals surface area contributed by atoms with Gasteiger partial charge in [-0.3, -0.25) is 14.6 Å². The molecule has 0 bridgehead atoms. The minimum Gasteiger partial charge on any atom is -0.496 e. The lowest BCUT2D eigenvalue weighted by Crippen LogP contribution is -2.32. The van der Waals surface area contributed by atoms with E-state index in [2.05, 4.69) is 10.3 Å². The van der Waals surface area contributed by atoms with Crippen molar-refractivity contribution in [3.05, 3.63) is 70.3 Å². The third-order valence-electron chi connectivity index (χ3n) is 5.45. The topological polar surface area (TPSA) is 155 Å². The summed E-state index contributed by atoms with van der Waals surface area (Å²) in [6.07, 6.45) is 1.45. The lowest BCUT2D eigenvalue weighted by Gasteiger charge is -2.19. The summed E-state index contributed by atoms with van der Waals surface area (Å²) in [5, 5.41) is 2.52. The molecule has 1 heterocycles. The number of nitrogens with two attached hydrogens (primary N) is 3. The van der Waals surface area contributed by atoms with E-state index < -0.39 is 40.3 Å². The maximum absolute atomic E-state index is 14.9. The molecule has 0 spiro atoms. The Morgan fingerprint density at radius 1 is 1.14 bits per heavy atom. The fraction of sp³-hybridized carbons (Fsp3) is 0.292. The van der Waals surface area contributed by atoms with E-state index in [1.807, 2.05) is 0 Å². The summed E-state index contributed by atoms with van der Waals surface area (Å²) in [5.41, 5.74) is 16.2. The number of hydrogen-bond donors (Lipinski definition) is 4. The van der Waals surface area contributed by atoms with Gasteiger partial charge in [0.1, 0.15) is 28.8 Å². The zero-order valence-electron chi connectivity index (χ0n) is 19.1. The van der Waals surface area contributed by atoms with Crippen LogP contribution in [0.4, 0.5) is 8.78 Å². The van der Waals surface area contributed by atoms with E-state index in [1.165, 1.54) is 13.2 Å². The van der Waals surface area contributed by atoms with Crippen LogP contribution in [0.1, 0.15) is 34.3 Å². The van der Waals surface area contributed by atoms with E-state index in [-0.39, 0.29) is 29.5 Å². The van der Waals surface area contributed by atoms with Crippen LogP contribution in [0.5, 0.6) is 5.75 Å². The van der Waals surface area contributed by atoms with Crippen molar-refractivity contribution in [3.63, 3.8) is 0 Å². The molecule has 2 aromatic rings. The van der Waals surface area contributed by atoms with Gasteiger partial charge in [0.2, 0.25) is 0 Å². The normalized spacial score (nSPS) is 16.9. The smallest absolute Gasteiger partial charge is 0.255 e. The van der Waals surface area contributed by atoms with Crippen molar-refractivity contribution in [2.75, 3.05) is 20.3 Å². The van der Waals surface area contributed by atoms with Gasteiger partial charge in [0, 0.05) is 24.3 Å². The quantitative estimate of drug-likeness (QED) is 0.252. The molecular formula is C24H27F2N5O4. The number of amidine groups is 1. The monoisotopic (exact) mass is 487 g/mol. The number of para-hydroxylation sites is 1. The van der Waals surface area contributed by atoms with Gasteiger partial charge >= 0.3 is 0 Å². The lowest BCUT2D eigenvalue weighted by molar-refractivity contribution is -0.114. The number of amides is 2. The van der Waals surface area contributed by atoms with Gasteiger partial charge in [-0.15, -0.1) is 0 Å². The second kappa shape index (κ2) is 11.4. The van der Waals surface area contributed by atoms with Crippen LogP contribution < -0.4 is 27.3 Å². The van der Waals surface area contributed by atoms with E-state index in [1.54, 1.807) is 18.2 Å². The van der Waals surface area contributed by atoms with Gasteiger partial charge in [0.15, 0.2) is 0 Å². The van der Waals surface area contributed by atoms with Crippen LogP contribution in [0.15, 0.2) is 47.0 Å². The average molecular weight is 488 g/mol. The molecule has 1 atom stereocenters. The molecule has 35 heavy (non-hydrogen) atoms. The van der Waals surface area contributed by atoms with Crippen LogP contribution in [0.3, 0.4) is 0 Å². The summed E-state index contributed by atoms with van der Waals surface area (Å²) >= 11 is 0. The number of carbonyl (C=O) groups excluding carboxylic acids is 2. The molecule has 0 aliphatic carbocycles. The number of carbonyl (C=O) groups is 2. The molecule has 11 heteroatoms. The first-order chi connectivity index (χ1) is 16.7. The Balaban J connectivity index is 1.85. The molecule has 1 unspecified atom stereocenters. The Morgan fingerprint density at radius 2 is 1.89 bits per heavy atom. The molecule has 0 aromatic heterocycles. The van der Waals surface area contributed by atoms with Gasteiger partial charge in [-0.05, 0) is 37.1 Å². The van der Waals surface area contributed by atoms with Gasteiger partial charge in [-0.1, -0.05) is 12.1 Å². The third kappa shape index (κ3) is 6.12. The minimum atomic E-state index is -1.03. The van der Waals surface area contributed by atoms with E-state index in [0.29, 0.717) is 25.4 Å². The number of rotatable bonds is 8. The molecule has 2 aromatic carbocycles. The van der Waals surface area contributed by atoms with E-state index in [9.17, 15) is 18.4 Å². The van der Waals surface area contributed by atoms with Gasteiger partial charge in [0.25, 0.3) is 11.8 Å². The first kappa shape index (κ1) is 25.6. The van der Waals surface area contributed by atoms with Gasteiger partial charge < -0.3 is 32.0 Å². The highest BCUT2D eigenvalue weighted by Crippen LogP contribution is 2.23. The van der Waals surface area contributed by atoms with Gasteiger partial charge in [-0.25, -0.2) is 8.78 Å². The van der Waals surface area contributed by atoms with Crippen molar-refractivity contribution < 1.29 is 27.8 Å². The Morgan fingerprint density at radius 3 is 2.54 bits per heavy atom. The summed E-state index contributed by atoms with van der Waals surface area (Å²) in [6.45, 7) is 0.602. The molecule has 9 nitrogen and oxygen atoms in total. The van der Waals surface area contributed by atoms with E-state index in [0.717, 1.165) is 18.6 Å². The number of hydrogen-bond acceptors (Lipinski definition) is 6. The lowest BCUT2D eigenvalue weighted by atomic mass is 10.0. The number of halogens is 2. The van der Waals surface area contributed by atoms with Crippen LogP contribution in [0.25, 0.3) is 5.70 Å². The Labute approximate surface area is 201 Å². The van der Waals surface area contributed by atoms with Crippen molar-refractivity contribution in [1.29, 1.82) is 0 Å². The minimum absolute atomic E-state index is 0.135. The van der Waals surface area contributed by atoms with E-state index >= 15 is 0 Å². The molecule has 186 valence electrons. The number of nitrogens with one attached hydrogen (secondary N) is 1. The highest BCUT2D eigenvalue weighted by molar-refractivity contribution is 6.24.